The maximum atomic E-state index is 6.58. The maximum absolute atomic E-state index is 6.58. The summed E-state index contributed by atoms with van der Waals surface area (Å²) in [6, 6.07) is 16.9. The summed E-state index contributed by atoms with van der Waals surface area (Å²) in [7, 11) is 0. The van der Waals surface area contributed by atoms with Crippen LogP contribution in [0.4, 0.5) is 5.69 Å². The van der Waals surface area contributed by atoms with Crippen LogP contribution in [0.3, 0.4) is 0 Å². The van der Waals surface area contributed by atoms with Gasteiger partial charge in [-0.2, -0.15) is 0 Å². The highest BCUT2D eigenvalue weighted by atomic mass is 32.2. The zero-order valence-electron chi connectivity index (χ0n) is 22.4. The van der Waals surface area contributed by atoms with E-state index < -0.39 is 0 Å². The largest absolute Gasteiger partial charge is 0.397 e. The lowest BCUT2D eigenvalue weighted by molar-refractivity contribution is 0.897. The Labute approximate surface area is 248 Å². The van der Waals surface area contributed by atoms with Crippen LogP contribution >= 0.6 is 34.4 Å². The fourth-order valence-corrected chi connectivity index (χ4v) is 6.30. The highest BCUT2D eigenvalue weighted by Crippen LogP contribution is 2.45. The molecule has 0 amide bonds. The van der Waals surface area contributed by atoms with E-state index in [1.807, 2.05) is 17.8 Å². The van der Waals surface area contributed by atoms with Crippen LogP contribution in [0.1, 0.15) is 19.8 Å². The molecule has 0 atom stereocenters. The van der Waals surface area contributed by atoms with Crippen LogP contribution in [0.2, 0.25) is 0 Å². The summed E-state index contributed by atoms with van der Waals surface area (Å²) in [5.74, 6) is 1.10. The predicted molar refractivity (Wildman–Crippen MR) is 176 cm³/mol. The van der Waals surface area contributed by atoms with Crippen molar-refractivity contribution < 1.29 is 0 Å². The van der Waals surface area contributed by atoms with Gasteiger partial charge in [-0.3, -0.25) is 0 Å². The van der Waals surface area contributed by atoms with Crippen molar-refractivity contribution in [2.45, 2.75) is 24.0 Å². The zero-order valence-corrected chi connectivity index (χ0v) is 24.8. The first-order valence-corrected chi connectivity index (χ1v) is 14.8. The molecule has 2 nitrogen and oxygen atoms in total. The monoisotopic (exact) mass is 572 g/mol. The maximum Gasteiger partial charge on any atom is 0.127 e. The number of thioether (sulfide) groups is 1. The number of rotatable bonds is 6. The van der Waals surface area contributed by atoms with E-state index in [2.05, 4.69) is 138 Å². The van der Waals surface area contributed by atoms with E-state index in [9.17, 15) is 0 Å². The Morgan fingerprint density at radius 2 is 1.50 bits per heavy atom. The van der Waals surface area contributed by atoms with Crippen LogP contribution in [0.25, 0.3) is 31.9 Å². The molecule has 4 aromatic rings. The number of fused-ring (bicyclic) bond motifs is 1. The van der Waals surface area contributed by atoms with Crippen LogP contribution in [-0.2, 0) is 0 Å². The minimum absolute atomic E-state index is 0.884. The molecule has 0 fully saturated rings. The molecule has 1 aromatic carbocycles. The number of pyridine rings is 1. The highest BCUT2D eigenvalue weighted by Gasteiger charge is 2.18. The number of thiophene rings is 2. The quantitative estimate of drug-likeness (QED) is 0.142. The number of hydrogen-bond acceptors (Lipinski definition) is 5. The van der Waals surface area contributed by atoms with Crippen molar-refractivity contribution in [3.63, 3.8) is 0 Å². The van der Waals surface area contributed by atoms with Gasteiger partial charge < -0.3 is 5.73 Å². The first kappa shape index (κ1) is 31.7. The van der Waals surface area contributed by atoms with Crippen molar-refractivity contribution in [3.05, 3.63) is 138 Å². The van der Waals surface area contributed by atoms with Crippen LogP contribution in [0, 0.1) is 0 Å². The summed E-state index contributed by atoms with van der Waals surface area (Å²) in [5.41, 5.74) is 34.9. The molecule has 0 unspecified atom stereocenters. The topological polar surface area (TPSA) is 38.9 Å². The summed E-state index contributed by atoms with van der Waals surface area (Å²) in [5, 5.41) is 3.19. The molecule has 0 bridgehead atoms. The third kappa shape index (κ3) is 9.97. The van der Waals surface area contributed by atoms with E-state index >= 15 is 0 Å². The van der Waals surface area contributed by atoms with E-state index in [4.69, 9.17) is 10.7 Å². The highest BCUT2D eigenvalue weighted by molar-refractivity contribution is 8.01. The van der Waals surface area contributed by atoms with Crippen molar-refractivity contribution in [3.8, 4) is 21.7 Å². The smallest absolute Gasteiger partial charge is 0.127 e. The van der Waals surface area contributed by atoms with Crippen LogP contribution in [0.15, 0.2) is 142 Å². The van der Waals surface area contributed by atoms with Crippen molar-refractivity contribution in [2.75, 3.05) is 11.5 Å². The van der Waals surface area contributed by atoms with Gasteiger partial charge >= 0.3 is 0 Å². The number of nitrogen functional groups attached to an aromatic ring is 1. The number of benzene rings is 1. The van der Waals surface area contributed by atoms with Gasteiger partial charge in [0.2, 0.25) is 0 Å². The van der Waals surface area contributed by atoms with Crippen molar-refractivity contribution in [1.29, 1.82) is 0 Å². The molecule has 0 aliphatic carbocycles. The second-order valence-electron chi connectivity index (χ2n) is 7.54. The Balaban J connectivity index is 0.000000334. The molecule has 0 aliphatic heterocycles. The molecule has 3 heterocycles. The van der Waals surface area contributed by atoms with Gasteiger partial charge in [-0.25, -0.2) is 4.98 Å². The van der Waals surface area contributed by atoms with E-state index in [0.29, 0.717) is 0 Å². The Kier molecular flexibility index (Phi) is 14.8. The average molecular weight is 573 g/mol. The van der Waals surface area contributed by atoms with Crippen LogP contribution in [0.5, 0.6) is 0 Å². The van der Waals surface area contributed by atoms with Gasteiger partial charge in [0.05, 0.1) is 20.5 Å². The van der Waals surface area contributed by atoms with Crippen molar-refractivity contribution in [1.82, 2.24) is 4.98 Å². The summed E-state index contributed by atoms with van der Waals surface area (Å²) in [4.78, 5) is 7.17. The molecule has 3 aromatic heterocycles. The van der Waals surface area contributed by atoms with Gasteiger partial charge in [0.25, 0.3) is 0 Å². The lowest BCUT2D eigenvalue weighted by atomic mass is 10.0. The van der Waals surface area contributed by atoms with E-state index in [-0.39, 0.29) is 0 Å². The van der Waals surface area contributed by atoms with Crippen LogP contribution in [-0.4, -0.2) is 10.7 Å². The second kappa shape index (κ2) is 18.7. The number of anilines is 1. The second-order valence-corrected chi connectivity index (χ2v) is 10.9. The molecule has 196 valence electrons. The first-order chi connectivity index (χ1) is 19.6. The SMILES string of the molecule is C=C=C=C=C.C=C=C=C=C=C=C=C=C.CCCCSc1sc2nc(-c3cccs3)cc(-c3ccccc3)c2c1N. The molecule has 2 N–H and O–H groups in total. The van der Waals surface area contributed by atoms with E-state index in [0.717, 1.165) is 27.4 Å². The summed E-state index contributed by atoms with van der Waals surface area (Å²) >= 11 is 5.31. The fraction of sp³-hybridized carbons (Fsp3) is 0.114. The Morgan fingerprint density at radius 3 is 2.05 bits per heavy atom. The Hall–Kier alpha value is -4.54. The van der Waals surface area contributed by atoms with E-state index in [1.165, 1.54) is 33.1 Å². The molecule has 5 heteroatoms. The minimum Gasteiger partial charge on any atom is -0.397 e. The predicted octanol–water partition coefficient (Wildman–Crippen LogP) is 10.3. The fourth-order valence-electron chi connectivity index (χ4n) is 3.16. The zero-order chi connectivity index (χ0) is 29.0. The Morgan fingerprint density at radius 1 is 0.850 bits per heavy atom. The van der Waals surface area contributed by atoms with Gasteiger partial charge in [-0.15, -0.1) is 34.4 Å². The number of unbranched alkanes of at least 4 members (excludes halogenated alkanes) is 1. The summed E-state index contributed by atoms with van der Waals surface area (Å²) in [6.07, 6.45) is 2.41. The number of nitrogens with two attached hydrogens (primary N) is 1. The third-order valence-electron chi connectivity index (χ3n) is 4.86. The van der Waals surface area contributed by atoms with Gasteiger partial charge in [-0.05, 0) is 102 Å². The van der Waals surface area contributed by atoms with Crippen molar-refractivity contribution >= 4 is 50.3 Å². The molecular formula is C35H28N2S3. The van der Waals surface area contributed by atoms with Crippen molar-refractivity contribution in [2.24, 2.45) is 0 Å². The van der Waals surface area contributed by atoms with Gasteiger partial charge in [-0.1, -0.05) is 72.7 Å². The first-order valence-electron chi connectivity index (χ1n) is 12.1. The normalized spacial score (nSPS) is 8.53. The summed E-state index contributed by atoms with van der Waals surface area (Å²) in [6.45, 7) is 15.2. The molecule has 0 saturated heterocycles. The number of nitrogens with zero attached hydrogens (tertiary/aromatic N) is 1. The molecule has 40 heavy (non-hydrogen) atoms. The van der Waals surface area contributed by atoms with Gasteiger partial charge in [0.15, 0.2) is 0 Å². The lowest BCUT2D eigenvalue weighted by Gasteiger charge is -2.08. The number of hydrogen-bond donors (Lipinski definition) is 1. The van der Waals surface area contributed by atoms with Crippen LogP contribution < -0.4 is 5.73 Å². The van der Waals surface area contributed by atoms with E-state index in [1.54, 1.807) is 22.7 Å². The molecule has 0 aliphatic rings. The van der Waals surface area contributed by atoms with Gasteiger partial charge in [0, 0.05) is 5.39 Å². The molecule has 4 rings (SSSR count). The summed E-state index contributed by atoms with van der Waals surface area (Å²) < 4.78 is 1.20. The molecule has 0 radical (unpaired) electrons. The van der Waals surface area contributed by atoms with Gasteiger partial charge in [0.1, 0.15) is 4.83 Å². The standard InChI is InChI=1S/C21H20N2S3.C9H4.C5H4/c1-2-3-11-25-21-19(22)18-15(14-8-5-4-6-9-14)13-16(23-20(18)26-21)17-10-7-12-24-17;1-3-5-7-9-8-6-4-2;1-3-5-4-2/h4-10,12-13H,2-3,11,22H2,1H3;1-2H2;1-2H2. The molecule has 0 saturated carbocycles. The Bertz CT molecular complexity index is 1740. The molecule has 0 spiro atoms. The molecular weight excluding hydrogens is 545 g/mol. The third-order valence-corrected chi connectivity index (χ3v) is 8.22. The minimum atomic E-state index is 0.884. The lowest BCUT2D eigenvalue weighted by Crippen LogP contribution is -1.90. The average Bonchev–Trinajstić information content (AvgIpc) is 3.63. The number of aromatic nitrogens is 1.